The Bertz CT molecular complexity index is 534. The molecule has 1 aromatic heterocycles. The Hall–Kier alpha value is -0.910. The van der Waals surface area contributed by atoms with Gasteiger partial charge in [-0.1, -0.05) is 11.8 Å². The summed E-state index contributed by atoms with van der Waals surface area (Å²) >= 11 is 1.51. The number of hydrogen-bond donors (Lipinski definition) is 0. The van der Waals surface area contributed by atoms with Gasteiger partial charge in [0.25, 0.3) is 0 Å². The molecule has 0 amide bonds. The van der Waals surface area contributed by atoms with Crippen LogP contribution in [0, 0.1) is 23.2 Å². The third-order valence-electron chi connectivity index (χ3n) is 5.79. The summed E-state index contributed by atoms with van der Waals surface area (Å²) in [5.41, 5.74) is -0.0206. The zero-order valence-electron chi connectivity index (χ0n) is 12.7. The van der Waals surface area contributed by atoms with Gasteiger partial charge in [-0.2, -0.15) is 0 Å². The molecule has 4 saturated carbocycles. The van der Waals surface area contributed by atoms with Crippen LogP contribution >= 0.6 is 11.8 Å². The second-order valence-corrected chi connectivity index (χ2v) is 8.72. The van der Waals surface area contributed by atoms with Crippen molar-refractivity contribution in [1.29, 1.82) is 0 Å². The van der Waals surface area contributed by atoms with Crippen molar-refractivity contribution >= 4 is 17.5 Å². The number of Topliss-reactive ketones (excluding diaryl/α,β-unsaturated/α-hetero) is 1. The molecule has 0 aromatic carbocycles. The Morgan fingerprint density at radius 1 is 1.24 bits per heavy atom. The van der Waals surface area contributed by atoms with E-state index in [1.807, 2.05) is 14.0 Å². The van der Waals surface area contributed by atoms with Gasteiger partial charge in [0.05, 0.1) is 5.25 Å². The number of aryl methyl sites for hydroxylation is 1. The Morgan fingerprint density at radius 3 is 2.29 bits per heavy atom. The highest BCUT2D eigenvalue weighted by Gasteiger charge is 2.55. The normalized spacial score (nSPS) is 38.7. The molecular weight excluding hydrogens is 284 g/mol. The fourth-order valence-electron chi connectivity index (χ4n) is 5.38. The molecule has 0 saturated heterocycles. The molecule has 4 fully saturated rings. The lowest BCUT2D eigenvalue weighted by atomic mass is 9.48. The number of rotatable bonds is 4. The first-order valence-corrected chi connectivity index (χ1v) is 8.87. The number of aromatic nitrogens is 4. The SMILES string of the molecule is C[C@H](Sc1nnnn1C)C(=O)C12CC3CC(CC(C3)C1)C2. The van der Waals surface area contributed by atoms with Crippen LogP contribution in [0.25, 0.3) is 0 Å². The molecule has 4 aliphatic rings. The zero-order chi connectivity index (χ0) is 14.6. The third-order valence-corrected chi connectivity index (χ3v) is 6.92. The number of tetrazole rings is 1. The van der Waals surface area contributed by atoms with Crippen LogP contribution in [0.15, 0.2) is 5.16 Å². The van der Waals surface area contributed by atoms with Gasteiger partial charge in [-0.3, -0.25) is 4.79 Å². The van der Waals surface area contributed by atoms with Crippen molar-refractivity contribution in [3.8, 4) is 0 Å². The average molecular weight is 306 g/mol. The van der Waals surface area contributed by atoms with E-state index in [2.05, 4.69) is 15.5 Å². The molecule has 4 aliphatic carbocycles. The molecule has 4 bridgehead atoms. The van der Waals surface area contributed by atoms with Gasteiger partial charge < -0.3 is 0 Å². The molecule has 5 rings (SSSR count). The Kier molecular flexibility index (Phi) is 3.14. The van der Waals surface area contributed by atoms with E-state index < -0.39 is 0 Å². The van der Waals surface area contributed by atoms with Crippen LogP contribution < -0.4 is 0 Å². The number of carbonyl (C=O) groups excluding carboxylic acids is 1. The molecule has 0 aliphatic heterocycles. The van der Waals surface area contributed by atoms with Gasteiger partial charge in [-0.25, -0.2) is 4.68 Å². The largest absolute Gasteiger partial charge is 0.298 e. The van der Waals surface area contributed by atoms with Crippen molar-refractivity contribution in [1.82, 2.24) is 20.2 Å². The Balaban J connectivity index is 1.53. The van der Waals surface area contributed by atoms with Crippen LogP contribution in [0.2, 0.25) is 0 Å². The van der Waals surface area contributed by atoms with Crippen molar-refractivity contribution in [2.24, 2.45) is 30.2 Å². The lowest BCUT2D eigenvalue weighted by Crippen LogP contribution is -2.51. The topological polar surface area (TPSA) is 60.7 Å². The summed E-state index contributed by atoms with van der Waals surface area (Å²) in [6, 6.07) is 0. The highest BCUT2D eigenvalue weighted by atomic mass is 32.2. The van der Waals surface area contributed by atoms with Gasteiger partial charge in [0, 0.05) is 12.5 Å². The van der Waals surface area contributed by atoms with Crippen LogP contribution in [-0.2, 0) is 11.8 Å². The van der Waals surface area contributed by atoms with Crippen molar-refractivity contribution in [3.05, 3.63) is 0 Å². The van der Waals surface area contributed by atoms with E-state index >= 15 is 0 Å². The molecular formula is C15H22N4OS. The highest BCUT2D eigenvalue weighted by molar-refractivity contribution is 8.00. The summed E-state index contributed by atoms with van der Waals surface area (Å²) in [6.45, 7) is 2.03. The van der Waals surface area contributed by atoms with Gasteiger partial charge in [0.2, 0.25) is 5.16 Å². The van der Waals surface area contributed by atoms with Gasteiger partial charge in [0.15, 0.2) is 5.78 Å². The van der Waals surface area contributed by atoms with Crippen LogP contribution in [0.3, 0.4) is 0 Å². The minimum absolute atomic E-state index is 0.0206. The first-order chi connectivity index (χ1) is 10.1. The van der Waals surface area contributed by atoms with E-state index in [-0.39, 0.29) is 10.7 Å². The zero-order valence-corrected chi connectivity index (χ0v) is 13.5. The third kappa shape index (κ3) is 2.22. The smallest absolute Gasteiger partial charge is 0.209 e. The minimum Gasteiger partial charge on any atom is -0.298 e. The van der Waals surface area contributed by atoms with E-state index in [0.29, 0.717) is 5.78 Å². The predicted molar refractivity (Wildman–Crippen MR) is 79.7 cm³/mol. The van der Waals surface area contributed by atoms with Crippen LogP contribution in [-0.4, -0.2) is 31.2 Å². The minimum atomic E-state index is -0.0500. The highest BCUT2D eigenvalue weighted by Crippen LogP contribution is 2.61. The molecule has 0 N–H and O–H groups in total. The van der Waals surface area contributed by atoms with Crippen LogP contribution in [0.5, 0.6) is 0 Å². The molecule has 6 heteroatoms. The maximum atomic E-state index is 13.1. The maximum Gasteiger partial charge on any atom is 0.209 e. The number of carbonyl (C=O) groups is 1. The molecule has 5 nitrogen and oxygen atoms in total. The average Bonchev–Trinajstić information content (AvgIpc) is 2.82. The summed E-state index contributed by atoms with van der Waals surface area (Å²) in [7, 11) is 1.82. The Labute approximate surface area is 129 Å². The van der Waals surface area contributed by atoms with Gasteiger partial charge >= 0.3 is 0 Å². The lowest BCUT2D eigenvalue weighted by Gasteiger charge is -2.56. The van der Waals surface area contributed by atoms with Crippen molar-refractivity contribution in [2.45, 2.75) is 55.9 Å². The van der Waals surface area contributed by atoms with Crippen LogP contribution in [0.1, 0.15) is 45.4 Å². The van der Waals surface area contributed by atoms with Gasteiger partial charge in [-0.05, 0) is 73.6 Å². The summed E-state index contributed by atoms with van der Waals surface area (Å²) in [5, 5.41) is 12.2. The van der Waals surface area contributed by atoms with Crippen molar-refractivity contribution in [3.63, 3.8) is 0 Å². The molecule has 114 valence electrons. The number of thioether (sulfide) groups is 1. The van der Waals surface area contributed by atoms with E-state index in [0.717, 1.165) is 42.2 Å². The monoisotopic (exact) mass is 306 g/mol. The second-order valence-electron chi connectivity index (χ2n) is 7.41. The molecule has 1 aromatic rings. The number of hydrogen-bond acceptors (Lipinski definition) is 5. The van der Waals surface area contributed by atoms with E-state index in [1.165, 1.54) is 31.0 Å². The first-order valence-electron chi connectivity index (χ1n) is 7.99. The van der Waals surface area contributed by atoms with Crippen LogP contribution in [0.4, 0.5) is 0 Å². The number of nitrogens with zero attached hydrogens (tertiary/aromatic N) is 4. The fraction of sp³-hybridized carbons (Fsp3) is 0.867. The van der Waals surface area contributed by atoms with Gasteiger partial charge in [-0.15, -0.1) is 5.10 Å². The molecule has 0 unspecified atom stereocenters. The fourth-order valence-corrected chi connectivity index (χ4v) is 6.32. The summed E-state index contributed by atoms with van der Waals surface area (Å²) in [5.74, 6) is 2.89. The lowest BCUT2D eigenvalue weighted by molar-refractivity contribution is -0.142. The second kappa shape index (κ2) is 4.80. The summed E-state index contributed by atoms with van der Waals surface area (Å²) < 4.78 is 1.65. The molecule has 0 spiro atoms. The molecule has 0 radical (unpaired) electrons. The molecule has 1 heterocycles. The summed E-state index contributed by atoms with van der Waals surface area (Å²) in [4.78, 5) is 13.1. The van der Waals surface area contributed by atoms with Gasteiger partial charge in [0.1, 0.15) is 0 Å². The molecule has 1 atom stereocenters. The first kappa shape index (κ1) is 13.7. The van der Waals surface area contributed by atoms with E-state index in [4.69, 9.17) is 0 Å². The molecule has 21 heavy (non-hydrogen) atoms. The Morgan fingerprint density at radius 2 is 1.81 bits per heavy atom. The van der Waals surface area contributed by atoms with Crippen molar-refractivity contribution in [2.75, 3.05) is 0 Å². The number of ketones is 1. The van der Waals surface area contributed by atoms with Crippen molar-refractivity contribution < 1.29 is 4.79 Å². The quantitative estimate of drug-likeness (QED) is 0.800. The summed E-state index contributed by atoms with van der Waals surface area (Å²) in [6.07, 6.45) is 7.54. The van der Waals surface area contributed by atoms with E-state index in [1.54, 1.807) is 4.68 Å². The van der Waals surface area contributed by atoms with E-state index in [9.17, 15) is 4.79 Å². The maximum absolute atomic E-state index is 13.1. The standard InChI is InChI=1S/C15H22N4OS/c1-9(21-14-16-17-18-19(14)2)13(20)15-6-10-3-11(7-15)5-12(4-10)8-15/h9-12H,3-8H2,1-2H3/t9-,10?,11?,12?,15?/m0/s1. The predicted octanol–water partition coefficient (Wildman–Crippen LogP) is 2.48.